The predicted molar refractivity (Wildman–Crippen MR) is 171 cm³/mol. The largest absolute Gasteiger partial charge is 0.471 e. The number of carbonyl (C=O) groups excluding carboxylic acids is 3. The van der Waals surface area contributed by atoms with Crippen LogP contribution in [-0.2, 0) is 14.3 Å². The average molecular weight is 758 g/mol. The fraction of sp³-hybridized carbons (Fsp3) is 0.344. The number of hydrogen-bond donors (Lipinski definition) is 3. The number of alkyl halides is 6. The predicted octanol–water partition coefficient (Wildman–Crippen LogP) is 5.97. The summed E-state index contributed by atoms with van der Waals surface area (Å²) in [6, 6.07) is 6.20. The van der Waals surface area contributed by atoms with Gasteiger partial charge in [0.25, 0.3) is 5.91 Å². The van der Waals surface area contributed by atoms with Gasteiger partial charge in [-0.3, -0.25) is 19.5 Å². The smallest absolute Gasteiger partial charge is 0.381 e. The van der Waals surface area contributed by atoms with Crippen molar-refractivity contribution in [1.82, 2.24) is 20.5 Å². The van der Waals surface area contributed by atoms with Crippen LogP contribution < -0.4 is 20.4 Å². The summed E-state index contributed by atoms with van der Waals surface area (Å²) in [7, 11) is 0. The molecule has 0 aliphatic carbocycles. The topological polar surface area (TPSA) is 133 Å². The standard InChI is InChI=1S/C32H27F8N7O4S/c33-16-9-17(34)11-21(10-16)52-22-13-24-26(41-14-22)44-45-27(24)43-28(48)23-2-1-20(46-6-3-18(15-46)42-29(49)31(35,36)37)12-25(23)47(30(50)32(38,39)40)19-4-7-51-8-5-19/h1-2,9-14,18-19H,3-8,15H2,(H,42,49)(H2,41,43,44,45,48)/t18-/m0/s1. The van der Waals surface area contributed by atoms with Crippen LogP contribution in [0.1, 0.15) is 29.6 Å². The molecule has 20 heteroatoms. The molecule has 3 N–H and O–H groups in total. The zero-order valence-corrected chi connectivity index (χ0v) is 27.4. The van der Waals surface area contributed by atoms with Crippen molar-refractivity contribution in [3.63, 3.8) is 0 Å². The Labute approximate surface area is 293 Å². The second-order valence-electron chi connectivity index (χ2n) is 11.9. The summed E-state index contributed by atoms with van der Waals surface area (Å²) in [5, 5.41) is 11.3. The normalized spacial score (nSPS) is 17.0. The highest BCUT2D eigenvalue weighted by Crippen LogP contribution is 2.37. The van der Waals surface area contributed by atoms with E-state index in [2.05, 4.69) is 20.5 Å². The van der Waals surface area contributed by atoms with E-state index in [4.69, 9.17) is 4.74 Å². The number of H-pyrrole nitrogens is 1. The third kappa shape index (κ3) is 8.22. The minimum Gasteiger partial charge on any atom is -0.381 e. The van der Waals surface area contributed by atoms with Crippen LogP contribution in [0, 0.1) is 11.6 Å². The molecule has 0 spiro atoms. The fourth-order valence-electron chi connectivity index (χ4n) is 5.98. The lowest BCUT2D eigenvalue weighted by Gasteiger charge is -2.36. The molecule has 0 bridgehead atoms. The van der Waals surface area contributed by atoms with Crippen molar-refractivity contribution in [2.45, 2.75) is 53.5 Å². The molecule has 2 fully saturated rings. The molecule has 4 heterocycles. The first-order valence-electron chi connectivity index (χ1n) is 15.6. The Bertz CT molecular complexity index is 1980. The Morgan fingerprint density at radius 3 is 2.31 bits per heavy atom. The van der Waals surface area contributed by atoms with Gasteiger partial charge in [-0.2, -0.15) is 31.4 Å². The summed E-state index contributed by atoms with van der Waals surface area (Å²) in [5.41, 5.74) is -0.462. The van der Waals surface area contributed by atoms with E-state index >= 15 is 0 Å². The minimum atomic E-state index is -5.35. The van der Waals surface area contributed by atoms with Gasteiger partial charge >= 0.3 is 24.2 Å². The number of pyridine rings is 1. The molecule has 1 atom stereocenters. The number of anilines is 3. The molecule has 2 aromatic heterocycles. The van der Waals surface area contributed by atoms with Gasteiger partial charge in [-0.25, -0.2) is 13.8 Å². The van der Waals surface area contributed by atoms with Crippen LogP contribution in [0.2, 0.25) is 0 Å². The summed E-state index contributed by atoms with van der Waals surface area (Å²) in [4.78, 5) is 45.3. The zero-order valence-electron chi connectivity index (χ0n) is 26.6. The van der Waals surface area contributed by atoms with Gasteiger partial charge in [0.15, 0.2) is 5.65 Å². The molecule has 11 nitrogen and oxygen atoms in total. The van der Waals surface area contributed by atoms with Gasteiger partial charge in [-0.1, -0.05) is 11.8 Å². The molecule has 6 rings (SSSR count). The summed E-state index contributed by atoms with van der Waals surface area (Å²) in [6.45, 7) is 0.0486. The van der Waals surface area contributed by atoms with Gasteiger partial charge in [-0.05, 0) is 55.7 Å². The number of aromatic nitrogens is 3. The number of carbonyl (C=O) groups is 3. The molecule has 52 heavy (non-hydrogen) atoms. The maximum atomic E-state index is 14.1. The third-order valence-electron chi connectivity index (χ3n) is 8.34. The molecule has 2 saturated heterocycles. The summed E-state index contributed by atoms with van der Waals surface area (Å²) >= 11 is 0.963. The lowest BCUT2D eigenvalue weighted by molar-refractivity contribution is -0.174. The molecule has 276 valence electrons. The van der Waals surface area contributed by atoms with Gasteiger partial charge < -0.3 is 25.2 Å². The van der Waals surface area contributed by atoms with E-state index in [0.717, 1.165) is 23.9 Å². The number of halogens is 8. The third-order valence-corrected chi connectivity index (χ3v) is 9.27. The number of ether oxygens (including phenoxy) is 1. The van der Waals surface area contributed by atoms with E-state index in [1.807, 2.05) is 5.32 Å². The van der Waals surface area contributed by atoms with Crippen molar-refractivity contribution in [3.8, 4) is 0 Å². The Balaban J connectivity index is 1.34. The van der Waals surface area contributed by atoms with Crippen LogP contribution in [0.4, 0.5) is 52.3 Å². The number of benzene rings is 2. The van der Waals surface area contributed by atoms with Crippen molar-refractivity contribution < 1.29 is 54.2 Å². The van der Waals surface area contributed by atoms with Crippen molar-refractivity contribution in [2.24, 2.45) is 0 Å². The zero-order chi connectivity index (χ0) is 37.4. The number of hydrogen-bond acceptors (Lipinski definition) is 8. The van der Waals surface area contributed by atoms with E-state index < -0.39 is 59.5 Å². The highest BCUT2D eigenvalue weighted by atomic mass is 32.2. The highest BCUT2D eigenvalue weighted by molar-refractivity contribution is 7.99. The maximum Gasteiger partial charge on any atom is 0.471 e. The van der Waals surface area contributed by atoms with E-state index in [-0.39, 0.29) is 78.6 Å². The quantitative estimate of drug-likeness (QED) is 0.188. The summed E-state index contributed by atoms with van der Waals surface area (Å²) < 4.78 is 114. The SMILES string of the molecule is O=C(Nc1[nH]nc2ncc(Sc3cc(F)cc(F)c3)cc12)c1ccc(N2CC[C@H](NC(=O)C(F)(F)F)C2)cc1N(C(=O)C(F)(F)F)C1CCOCC1. The molecule has 0 radical (unpaired) electrons. The average Bonchev–Trinajstić information content (AvgIpc) is 3.71. The monoisotopic (exact) mass is 757 g/mol. The van der Waals surface area contributed by atoms with Crippen LogP contribution >= 0.6 is 11.8 Å². The minimum absolute atomic E-state index is 0.00881. The number of aromatic amines is 1. The van der Waals surface area contributed by atoms with Gasteiger partial charge in [0.2, 0.25) is 0 Å². The number of rotatable bonds is 8. The van der Waals surface area contributed by atoms with Gasteiger partial charge in [0.1, 0.15) is 17.5 Å². The van der Waals surface area contributed by atoms with E-state index in [0.29, 0.717) is 15.9 Å². The van der Waals surface area contributed by atoms with Gasteiger partial charge in [0, 0.05) is 66.1 Å². The molecule has 2 aromatic carbocycles. The van der Waals surface area contributed by atoms with Crippen LogP contribution in [0.3, 0.4) is 0 Å². The molecule has 0 saturated carbocycles. The van der Waals surface area contributed by atoms with Crippen molar-refractivity contribution >= 4 is 57.7 Å². The number of amides is 3. The molecule has 3 amide bonds. The maximum absolute atomic E-state index is 14.1. The van der Waals surface area contributed by atoms with Crippen LogP contribution in [0.25, 0.3) is 11.0 Å². The highest BCUT2D eigenvalue weighted by Gasteiger charge is 2.47. The summed E-state index contributed by atoms with van der Waals surface area (Å²) in [5.74, 6) is -6.96. The fourth-order valence-corrected chi connectivity index (χ4v) is 6.87. The molecular formula is C32H27F8N7O4S. The van der Waals surface area contributed by atoms with Crippen molar-refractivity contribution in [2.75, 3.05) is 41.4 Å². The molecular weight excluding hydrogens is 730 g/mol. The van der Waals surface area contributed by atoms with Crippen molar-refractivity contribution in [3.05, 3.63) is 65.9 Å². The number of nitrogens with one attached hydrogen (secondary N) is 3. The Morgan fingerprint density at radius 1 is 0.923 bits per heavy atom. The number of fused-ring (bicyclic) bond motifs is 1. The first-order valence-corrected chi connectivity index (χ1v) is 16.4. The van der Waals surface area contributed by atoms with Gasteiger partial charge in [-0.15, -0.1) is 0 Å². The van der Waals surface area contributed by atoms with E-state index in [9.17, 15) is 49.5 Å². The summed E-state index contributed by atoms with van der Waals surface area (Å²) in [6.07, 6.45) is -8.99. The lowest BCUT2D eigenvalue weighted by Crippen LogP contribution is -2.50. The molecule has 2 aliphatic rings. The Hall–Kier alpha value is -4.98. The first kappa shape index (κ1) is 36.8. The Morgan fingerprint density at radius 2 is 1.63 bits per heavy atom. The second-order valence-corrected chi connectivity index (χ2v) is 13.1. The number of nitrogens with zero attached hydrogens (tertiary/aromatic N) is 4. The van der Waals surface area contributed by atoms with E-state index in [1.54, 1.807) is 0 Å². The van der Waals surface area contributed by atoms with Crippen molar-refractivity contribution in [1.29, 1.82) is 0 Å². The lowest BCUT2D eigenvalue weighted by atomic mass is 10.0. The second kappa shape index (κ2) is 14.6. The Kier molecular flexibility index (Phi) is 10.3. The van der Waals surface area contributed by atoms with Crippen LogP contribution in [0.5, 0.6) is 0 Å². The van der Waals surface area contributed by atoms with Gasteiger partial charge in [0.05, 0.1) is 16.6 Å². The molecule has 2 aliphatic heterocycles. The van der Waals surface area contributed by atoms with Crippen LogP contribution in [-0.4, -0.2) is 83.6 Å². The van der Waals surface area contributed by atoms with Crippen LogP contribution in [0.15, 0.2) is 58.5 Å². The molecule has 4 aromatic rings. The molecule has 0 unspecified atom stereocenters. The first-order chi connectivity index (χ1) is 24.6. The van der Waals surface area contributed by atoms with E-state index in [1.165, 1.54) is 35.4 Å².